The van der Waals surface area contributed by atoms with Gasteiger partial charge in [-0.3, -0.25) is 0 Å². The van der Waals surface area contributed by atoms with E-state index in [4.69, 9.17) is 0 Å². The average Bonchev–Trinajstić information content (AvgIpc) is 2.26. The van der Waals surface area contributed by atoms with Gasteiger partial charge in [-0.05, 0) is 25.0 Å². The first-order valence-corrected chi connectivity index (χ1v) is 5.55. The number of aliphatic hydroxyl groups excluding tert-OH is 1. The molecule has 1 aromatic carbocycles. The summed E-state index contributed by atoms with van der Waals surface area (Å²) < 4.78 is 0. The first-order valence-electron chi connectivity index (χ1n) is 5.55. The molecular weight excluding hydrogens is 184 g/mol. The van der Waals surface area contributed by atoms with Gasteiger partial charge in [-0.1, -0.05) is 43.4 Å². The zero-order valence-corrected chi connectivity index (χ0v) is 9.24. The molecule has 1 atom stereocenters. The van der Waals surface area contributed by atoms with Crippen molar-refractivity contribution in [3.63, 3.8) is 0 Å². The van der Waals surface area contributed by atoms with E-state index in [2.05, 4.69) is 18.8 Å². The number of rotatable bonds is 4. The van der Waals surface area contributed by atoms with E-state index >= 15 is 0 Å². The summed E-state index contributed by atoms with van der Waals surface area (Å²) >= 11 is 0. The van der Waals surface area contributed by atoms with Crippen molar-refractivity contribution in [1.82, 2.24) is 0 Å². The van der Waals surface area contributed by atoms with Crippen molar-refractivity contribution in [2.45, 2.75) is 38.7 Å². The molecule has 1 heteroatoms. The van der Waals surface area contributed by atoms with Gasteiger partial charge in [0.1, 0.15) is 0 Å². The van der Waals surface area contributed by atoms with Gasteiger partial charge in [0, 0.05) is 12.0 Å². The van der Waals surface area contributed by atoms with Crippen molar-refractivity contribution in [2.75, 3.05) is 0 Å². The minimum Gasteiger partial charge on any atom is -0.393 e. The van der Waals surface area contributed by atoms with Gasteiger partial charge in [0.05, 0.1) is 6.10 Å². The second kappa shape index (κ2) is 7.09. The van der Waals surface area contributed by atoms with Crippen molar-refractivity contribution >= 4 is 0 Å². The summed E-state index contributed by atoms with van der Waals surface area (Å²) in [5.74, 6) is 6.16. The highest BCUT2D eigenvalue weighted by Gasteiger charge is 1.99. The Labute approximate surface area is 92.1 Å². The van der Waals surface area contributed by atoms with Crippen molar-refractivity contribution in [2.24, 2.45) is 0 Å². The van der Waals surface area contributed by atoms with E-state index < -0.39 is 0 Å². The van der Waals surface area contributed by atoms with Crippen LogP contribution < -0.4 is 0 Å². The third-order valence-electron chi connectivity index (χ3n) is 2.23. The summed E-state index contributed by atoms with van der Waals surface area (Å²) in [6.07, 6.45) is 3.30. The maximum Gasteiger partial charge on any atom is 0.0549 e. The van der Waals surface area contributed by atoms with Crippen molar-refractivity contribution < 1.29 is 5.11 Å². The van der Waals surface area contributed by atoms with E-state index in [1.54, 1.807) is 0 Å². The molecule has 0 fully saturated rings. The summed E-state index contributed by atoms with van der Waals surface area (Å²) in [4.78, 5) is 0. The molecule has 0 bridgehead atoms. The molecule has 0 aliphatic rings. The summed E-state index contributed by atoms with van der Waals surface area (Å²) in [5.41, 5.74) is 1.04. The molecule has 0 saturated carbocycles. The van der Waals surface area contributed by atoms with E-state index in [0.29, 0.717) is 0 Å². The van der Waals surface area contributed by atoms with Crippen LogP contribution in [0.25, 0.3) is 0 Å². The molecule has 0 aliphatic carbocycles. The summed E-state index contributed by atoms with van der Waals surface area (Å²) in [7, 11) is 0. The maximum atomic E-state index is 9.48. The Morgan fingerprint density at radius 1 is 1.20 bits per heavy atom. The molecule has 0 spiro atoms. The molecule has 1 unspecified atom stereocenters. The van der Waals surface area contributed by atoms with Crippen LogP contribution in [-0.2, 0) is 0 Å². The van der Waals surface area contributed by atoms with Crippen LogP contribution in [0.1, 0.15) is 38.2 Å². The van der Waals surface area contributed by atoms with Crippen molar-refractivity contribution in [3.05, 3.63) is 35.9 Å². The fourth-order valence-corrected chi connectivity index (χ4v) is 1.40. The lowest BCUT2D eigenvalue weighted by molar-refractivity contribution is 0.155. The first kappa shape index (κ1) is 11.8. The van der Waals surface area contributed by atoms with Crippen LogP contribution in [0.15, 0.2) is 30.3 Å². The smallest absolute Gasteiger partial charge is 0.0549 e. The Balaban J connectivity index is 2.28. The van der Waals surface area contributed by atoms with Crippen LogP contribution >= 0.6 is 0 Å². The third-order valence-corrected chi connectivity index (χ3v) is 2.23. The normalized spacial score (nSPS) is 11.6. The zero-order valence-electron chi connectivity index (χ0n) is 9.24. The predicted molar refractivity (Wildman–Crippen MR) is 63.5 cm³/mol. The Kier molecular flexibility index (Phi) is 5.58. The Bertz CT molecular complexity index is 318. The van der Waals surface area contributed by atoms with Crippen molar-refractivity contribution in [3.8, 4) is 11.8 Å². The highest BCUT2D eigenvalue weighted by Crippen LogP contribution is 2.03. The van der Waals surface area contributed by atoms with Gasteiger partial charge < -0.3 is 5.11 Å². The van der Waals surface area contributed by atoms with Crippen LogP contribution in [0.2, 0.25) is 0 Å². The SMILES string of the molecule is CCCC(O)CCC#Cc1ccccc1. The highest BCUT2D eigenvalue weighted by atomic mass is 16.3. The zero-order chi connectivity index (χ0) is 10.9. The second-order valence-corrected chi connectivity index (χ2v) is 3.65. The number of hydrogen-bond donors (Lipinski definition) is 1. The fraction of sp³-hybridized carbons (Fsp3) is 0.429. The highest BCUT2D eigenvalue weighted by molar-refractivity contribution is 5.33. The van der Waals surface area contributed by atoms with Crippen LogP contribution in [0.3, 0.4) is 0 Å². The van der Waals surface area contributed by atoms with Crippen LogP contribution in [-0.4, -0.2) is 11.2 Å². The summed E-state index contributed by atoms with van der Waals surface area (Å²) in [6.45, 7) is 2.08. The van der Waals surface area contributed by atoms with Gasteiger partial charge in [-0.25, -0.2) is 0 Å². The Morgan fingerprint density at radius 3 is 2.60 bits per heavy atom. The van der Waals surface area contributed by atoms with E-state index in [1.165, 1.54) is 0 Å². The molecule has 0 aliphatic heterocycles. The number of aliphatic hydroxyl groups is 1. The molecular formula is C14H18O. The van der Waals surface area contributed by atoms with Gasteiger partial charge in [0.2, 0.25) is 0 Å². The van der Waals surface area contributed by atoms with Crippen LogP contribution in [0.4, 0.5) is 0 Å². The minimum atomic E-state index is -0.180. The lowest BCUT2D eigenvalue weighted by Gasteiger charge is -2.04. The van der Waals surface area contributed by atoms with Gasteiger partial charge in [0.15, 0.2) is 0 Å². The van der Waals surface area contributed by atoms with Gasteiger partial charge in [-0.15, -0.1) is 0 Å². The topological polar surface area (TPSA) is 20.2 Å². The largest absolute Gasteiger partial charge is 0.393 e. The van der Waals surface area contributed by atoms with Crippen LogP contribution in [0.5, 0.6) is 0 Å². The quantitative estimate of drug-likeness (QED) is 0.744. The molecule has 1 nitrogen and oxygen atoms in total. The molecule has 1 rings (SSSR count). The predicted octanol–water partition coefficient (Wildman–Crippen LogP) is 2.98. The Morgan fingerprint density at radius 2 is 1.93 bits per heavy atom. The number of hydrogen-bond acceptors (Lipinski definition) is 1. The summed E-state index contributed by atoms with van der Waals surface area (Å²) in [5, 5.41) is 9.48. The van der Waals surface area contributed by atoms with Gasteiger partial charge in [-0.2, -0.15) is 0 Å². The molecule has 15 heavy (non-hydrogen) atoms. The minimum absolute atomic E-state index is 0.180. The average molecular weight is 202 g/mol. The van der Waals surface area contributed by atoms with Gasteiger partial charge >= 0.3 is 0 Å². The molecule has 0 heterocycles. The molecule has 0 aromatic heterocycles. The number of benzene rings is 1. The molecule has 0 amide bonds. The van der Waals surface area contributed by atoms with E-state index in [-0.39, 0.29) is 6.10 Å². The van der Waals surface area contributed by atoms with E-state index in [0.717, 1.165) is 31.2 Å². The molecule has 1 N–H and O–H groups in total. The lowest BCUT2D eigenvalue weighted by Crippen LogP contribution is -2.04. The fourth-order valence-electron chi connectivity index (χ4n) is 1.40. The standard InChI is InChI=1S/C14H18O/c1-2-8-14(15)12-7-6-11-13-9-4-3-5-10-13/h3-5,9-10,14-15H,2,7-8,12H2,1H3. The maximum absolute atomic E-state index is 9.48. The Hall–Kier alpha value is -1.26. The van der Waals surface area contributed by atoms with E-state index in [1.807, 2.05) is 30.3 Å². The van der Waals surface area contributed by atoms with Crippen molar-refractivity contribution in [1.29, 1.82) is 0 Å². The molecule has 80 valence electrons. The molecule has 0 radical (unpaired) electrons. The second-order valence-electron chi connectivity index (χ2n) is 3.65. The first-order chi connectivity index (χ1) is 7.33. The molecule has 1 aromatic rings. The monoisotopic (exact) mass is 202 g/mol. The lowest BCUT2D eigenvalue weighted by atomic mass is 10.1. The van der Waals surface area contributed by atoms with Crippen LogP contribution in [0, 0.1) is 11.8 Å². The third kappa shape index (κ3) is 5.24. The van der Waals surface area contributed by atoms with Gasteiger partial charge in [0.25, 0.3) is 0 Å². The molecule has 0 saturated heterocycles. The summed E-state index contributed by atoms with van der Waals surface area (Å²) in [6, 6.07) is 9.94. The van der Waals surface area contributed by atoms with E-state index in [9.17, 15) is 5.11 Å².